The van der Waals surface area contributed by atoms with E-state index in [1.54, 1.807) is 6.07 Å². The highest BCUT2D eigenvalue weighted by molar-refractivity contribution is 9.10. The maximum absolute atomic E-state index is 12.7. The molecule has 0 aliphatic heterocycles. The standard InChI is InChI=1S/C18H12BrF3O2S/c1-25-17(10-2-5-13(6-3-10)24-18(20,21)22)15-9-11-8-12(19)4-7-14(11)16(15)23/h2-8H,9H2,1H3/b17-15-. The Bertz CT molecular complexity index is 858. The molecule has 1 aliphatic rings. The van der Waals surface area contributed by atoms with Crippen molar-refractivity contribution in [3.05, 3.63) is 69.2 Å². The Balaban J connectivity index is 1.95. The van der Waals surface area contributed by atoms with Crippen LogP contribution in [0.25, 0.3) is 4.91 Å². The Morgan fingerprint density at radius 2 is 1.84 bits per heavy atom. The molecule has 1 aliphatic carbocycles. The molecule has 2 aromatic carbocycles. The van der Waals surface area contributed by atoms with Gasteiger partial charge >= 0.3 is 6.36 Å². The quantitative estimate of drug-likeness (QED) is 0.572. The predicted molar refractivity (Wildman–Crippen MR) is 95.7 cm³/mol. The molecule has 130 valence electrons. The number of hydrogen-bond donors (Lipinski definition) is 0. The van der Waals surface area contributed by atoms with Crippen molar-refractivity contribution >= 4 is 38.4 Å². The lowest BCUT2D eigenvalue weighted by Gasteiger charge is -2.11. The Labute approximate surface area is 155 Å². The minimum Gasteiger partial charge on any atom is -0.406 e. The van der Waals surface area contributed by atoms with E-state index in [0.717, 1.165) is 14.9 Å². The average molecular weight is 429 g/mol. The van der Waals surface area contributed by atoms with E-state index in [1.165, 1.54) is 36.0 Å². The third-order valence-corrected chi connectivity index (χ3v) is 5.17. The van der Waals surface area contributed by atoms with Gasteiger partial charge in [0.15, 0.2) is 5.78 Å². The highest BCUT2D eigenvalue weighted by Crippen LogP contribution is 2.38. The van der Waals surface area contributed by atoms with Crippen molar-refractivity contribution in [3.8, 4) is 5.75 Å². The number of carbonyl (C=O) groups is 1. The van der Waals surface area contributed by atoms with Gasteiger partial charge in [-0.1, -0.05) is 28.1 Å². The number of rotatable bonds is 3. The second kappa shape index (κ2) is 6.88. The number of ketones is 1. The van der Waals surface area contributed by atoms with E-state index in [0.29, 0.717) is 23.1 Å². The molecule has 0 radical (unpaired) electrons. The van der Waals surface area contributed by atoms with Crippen molar-refractivity contribution in [2.24, 2.45) is 0 Å². The number of benzene rings is 2. The maximum atomic E-state index is 12.7. The molecule has 0 unspecified atom stereocenters. The number of halogens is 4. The molecule has 0 fully saturated rings. The molecule has 2 nitrogen and oxygen atoms in total. The van der Waals surface area contributed by atoms with Crippen LogP contribution < -0.4 is 4.74 Å². The highest BCUT2D eigenvalue weighted by atomic mass is 79.9. The molecule has 2 aromatic rings. The Hall–Kier alpha value is -1.73. The molecule has 0 atom stereocenters. The van der Waals surface area contributed by atoms with Gasteiger partial charge in [-0.3, -0.25) is 4.79 Å². The van der Waals surface area contributed by atoms with E-state index >= 15 is 0 Å². The Kier molecular flexibility index (Phi) is 4.97. The van der Waals surface area contributed by atoms with E-state index in [-0.39, 0.29) is 11.5 Å². The lowest BCUT2D eigenvalue weighted by Crippen LogP contribution is -2.17. The third-order valence-electron chi connectivity index (χ3n) is 3.78. The van der Waals surface area contributed by atoms with Gasteiger partial charge in [-0.25, -0.2) is 0 Å². The zero-order valence-electron chi connectivity index (χ0n) is 13.0. The molecular weight excluding hydrogens is 417 g/mol. The molecule has 0 heterocycles. The smallest absolute Gasteiger partial charge is 0.406 e. The van der Waals surface area contributed by atoms with Gasteiger partial charge in [0.2, 0.25) is 0 Å². The first kappa shape index (κ1) is 18.1. The van der Waals surface area contributed by atoms with Crippen molar-refractivity contribution in [2.75, 3.05) is 6.26 Å². The number of ether oxygens (including phenoxy) is 1. The van der Waals surface area contributed by atoms with Crippen LogP contribution in [-0.4, -0.2) is 18.4 Å². The zero-order valence-corrected chi connectivity index (χ0v) is 15.4. The minimum atomic E-state index is -4.72. The van der Waals surface area contributed by atoms with E-state index in [2.05, 4.69) is 20.7 Å². The molecule has 25 heavy (non-hydrogen) atoms. The maximum Gasteiger partial charge on any atom is 0.573 e. The van der Waals surface area contributed by atoms with Crippen LogP contribution in [0.3, 0.4) is 0 Å². The third kappa shape index (κ3) is 3.93. The molecule has 0 bridgehead atoms. The first-order chi connectivity index (χ1) is 11.8. The van der Waals surface area contributed by atoms with E-state index in [1.807, 2.05) is 18.4 Å². The van der Waals surface area contributed by atoms with Gasteiger partial charge in [0.05, 0.1) is 0 Å². The fraction of sp³-hybridized carbons (Fsp3) is 0.167. The summed E-state index contributed by atoms with van der Waals surface area (Å²) in [6.07, 6.45) is -2.38. The van der Waals surface area contributed by atoms with Crippen LogP contribution in [0.15, 0.2) is 52.5 Å². The van der Waals surface area contributed by atoms with E-state index in [4.69, 9.17) is 0 Å². The summed E-state index contributed by atoms with van der Waals surface area (Å²) in [6.45, 7) is 0. The lowest BCUT2D eigenvalue weighted by molar-refractivity contribution is -0.274. The molecule has 3 rings (SSSR count). The van der Waals surface area contributed by atoms with Crippen molar-refractivity contribution in [1.82, 2.24) is 0 Å². The van der Waals surface area contributed by atoms with Crippen LogP contribution in [-0.2, 0) is 6.42 Å². The number of Topliss-reactive ketones (excluding diaryl/α,β-unsaturated/α-hetero) is 1. The Morgan fingerprint density at radius 3 is 2.44 bits per heavy atom. The number of thioether (sulfide) groups is 1. The van der Waals surface area contributed by atoms with Gasteiger partial charge in [-0.2, -0.15) is 0 Å². The number of fused-ring (bicyclic) bond motifs is 1. The number of carbonyl (C=O) groups excluding carboxylic acids is 1. The first-order valence-electron chi connectivity index (χ1n) is 7.25. The van der Waals surface area contributed by atoms with E-state index < -0.39 is 6.36 Å². The molecule has 0 saturated heterocycles. The SMILES string of the molecule is CS/C(=C1/Cc2cc(Br)ccc2C1=O)c1ccc(OC(F)(F)F)cc1. The summed E-state index contributed by atoms with van der Waals surface area (Å²) in [5.41, 5.74) is 2.96. The monoisotopic (exact) mass is 428 g/mol. The molecule has 0 aromatic heterocycles. The van der Waals surface area contributed by atoms with Crippen LogP contribution in [0.1, 0.15) is 21.5 Å². The average Bonchev–Trinajstić information content (AvgIpc) is 2.84. The van der Waals surface area contributed by atoms with Gasteiger partial charge in [0.25, 0.3) is 0 Å². The summed E-state index contributed by atoms with van der Waals surface area (Å²) >= 11 is 4.80. The summed E-state index contributed by atoms with van der Waals surface area (Å²) in [4.78, 5) is 13.4. The van der Waals surface area contributed by atoms with Gasteiger partial charge in [0, 0.05) is 26.9 Å². The van der Waals surface area contributed by atoms with Crippen LogP contribution in [0.2, 0.25) is 0 Å². The molecule has 7 heteroatoms. The predicted octanol–water partition coefficient (Wildman–Crippen LogP) is 5.86. The molecule has 0 amide bonds. The largest absolute Gasteiger partial charge is 0.573 e. The van der Waals surface area contributed by atoms with Crippen LogP contribution in [0, 0.1) is 0 Å². The van der Waals surface area contributed by atoms with Crippen molar-refractivity contribution in [1.29, 1.82) is 0 Å². The summed E-state index contributed by atoms with van der Waals surface area (Å²) < 4.78 is 41.6. The number of hydrogen-bond acceptors (Lipinski definition) is 3. The Morgan fingerprint density at radius 1 is 1.16 bits per heavy atom. The summed E-state index contributed by atoms with van der Waals surface area (Å²) in [5, 5.41) is 0. The van der Waals surface area contributed by atoms with Crippen LogP contribution in [0.4, 0.5) is 13.2 Å². The van der Waals surface area contributed by atoms with Crippen molar-refractivity contribution in [3.63, 3.8) is 0 Å². The second-order valence-electron chi connectivity index (χ2n) is 5.39. The first-order valence-corrected chi connectivity index (χ1v) is 9.26. The van der Waals surface area contributed by atoms with Gasteiger partial charge in [-0.05, 0) is 47.7 Å². The highest BCUT2D eigenvalue weighted by Gasteiger charge is 2.31. The van der Waals surface area contributed by atoms with Crippen LogP contribution in [0.5, 0.6) is 5.75 Å². The zero-order chi connectivity index (χ0) is 18.2. The summed E-state index contributed by atoms with van der Waals surface area (Å²) in [6, 6.07) is 11.1. The lowest BCUT2D eigenvalue weighted by atomic mass is 10.1. The topological polar surface area (TPSA) is 26.3 Å². The van der Waals surface area contributed by atoms with Gasteiger partial charge < -0.3 is 4.74 Å². The normalized spacial score (nSPS) is 16.0. The summed E-state index contributed by atoms with van der Waals surface area (Å²) in [7, 11) is 0. The van der Waals surface area contributed by atoms with Gasteiger partial charge in [0.1, 0.15) is 5.75 Å². The molecule has 0 spiro atoms. The van der Waals surface area contributed by atoms with Crippen LogP contribution >= 0.6 is 27.7 Å². The fourth-order valence-electron chi connectivity index (χ4n) is 2.77. The molecule has 0 N–H and O–H groups in total. The number of alkyl halides is 3. The van der Waals surface area contributed by atoms with Crippen molar-refractivity contribution < 1.29 is 22.7 Å². The van der Waals surface area contributed by atoms with E-state index in [9.17, 15) is 18.0 Å². The second-order valence-corrected chi connectivity index (χ2v) is 7.12. The molecular formula is C18H12BrF3O2S. The van der Waals surface area contributed by atoms with Crippen molar-refractivity contribution in [2.45, 2.75) is 12.8 Å². The summed E-state index contributed by atoms with van der Waals surface area (Å²) in [5.74, 6) is -0.325. The minimum absolute atomic E-state index is 0.0394. The number of allylic oxidation sites excluding steroid dienone is 1. The molecule has 0 saturated carbocycles. The van der Waals surface area contributed by atoms with Gasteiger partial charge in [-0.15, -0.1) is 24.9 Å². The fourth-order valence-corrected chi connectivity index (χ4v) is 3.96.